The number of anilines is 2. The van der Waals surface area contributed by atoms with Crippen LogP contribution in [0.25, 0.3) is 0 Å². The first kappa shape index (κ1) is 17.9. The Morgan fingerprint density at radius 3 is 2.44 bits per heavy atom. The molecular formula is C20H29N3O2. The molecule has 5 nitrogen and oxygen atoms in total. The third-order valence-corrected chi connectivity index (χ3v) is 5.14. The van der Waals surface area contributed by atoms with Crippen LogP contribution in [0.3, 0.4) is 0 Å². The van der Waals surface area contributed by atoms with Gasteiger partial charge in [0.05, 0.1) is 0 Å². The van der Waals surface area contributed by atoms with Gasteiger partial charge < -0.3 is 15.1 Å². The van der Waals surface area contributed by atoms with Crippen LogP contribution < -0.4 is 10.2 Å². The molecule has 2 heterocycles. The molecule has 2 unspecified atom stereocenters. The Labute approximate surface area is 150 Å². The molecule has 0 saturated carbocycles. The van der Waals surface area contributed by atoms with Gasteiger partial charge in [-0.05, 0) is 48.9 Å². The van der Waals surface area contributed by atoms with E-state index in [-0.39, 0.29) is 11.8 Å². The molecule has 0 aliphatic carbocycles. The molecule has 5 heteroatoms. The van der Waals surface area contributed by atoms with Crippen molar-refractivity contribution in [3.05, 3.63) is 24.3 Å². The summed E-state index contributed by atoms with van der Waals surface area (Å²) in [7, 11) is 0. The quantitative estimate of drug-likeness (QED) is 0.894. The standard InChI is InChI=1S/C20H29N3O2/c1-15-12-16(2)14-22(13-15)11-9-19(24)21-17-5-7-18(8-6-17)23-10-3-4-20(23)25/h5-8,15-16H,3-4,9-14H2,1-2H3,(H,21,24). The highest BCUT2D eigenvalue weighted by atomic mass is 16.2. The van der Waals surface area contributed by atoms with E-state index in [2.05, 4.69) is 24.1 Å². The fourth-order valence-electron chi connectivity index (χ4n) is 4.10. The Balaban J connectivity index is 1.47. The highest BCUT2D eigenvalue weighted by molar-refractivity contribution is 5.96. The number of amides is 2. The highest BCUT2D eigenvalue weighted by Crippen LogP contribution is 2.23. The molecule has 1 aromatic rings. The number of benzene rings is 1. The van der Waals surface area contributed by atoms with Crippen molar-refractivity contribution in [3.8, 4) is 0 Å². The van der Waals surface area contributed by atoms with Crippen molar-refractivity contribution >= 4 is 23.2 Å². The highest BCUT2D eigenvalue weighted by Gasteiger charge is 2.22. The smallest absolute Gasteiger partial charge is 0.227 e. The number of hydrogen-bond donors (Lipinski definition) is 1. The molecule has 2 aliphatic rings. The van der Waals surface area contributed by atoms with E-state index in [4.69, 9.17) is 0 Å². The van der Waals surface area contributed by atoms with Crippen LogP contribution in [-0.2, 0) is 9.59 Å². The average Bonchev–Trinajstić information content (AvgIpc) is 2.99. The van der Waals surface area contributed by atoms with Gasteiger partial charge >= 0.3 is 0 Å². The molecule has 0 radical (unpaired) electrons. The van der Waals surface area contributed by atoms with Crippen molar-refractivity contribution in [1.82, 2.24) is 4.90 Å². The average molecular weight is 343 g/mol. The molecule has 2 saturated heterocycles. The molecular weight excluding hydrogens is 314 g/mol. The minimum Gasteiger partial charge on any atom is -0.326 e. The van der Waals surface area contributed by atoms with E-state index in [1.54, 1.807) is 0 Å². The predicted octanol–water partition coefficient (Wildman–Crippen LogP) is 3.12. The second-order valence-electron chi connectivity index (χ2n) is 7.70. The monoisotopic (exact) mass is 343 g/mol. The summed E-state index contributed by atoms with van der Waals surface area (Å²) in [5, 5.41) is 2.96. The van der Waals surface area contributed by atoms with Gasteiger partial charge in [0.25, 0.3) is 0 Å². The zero-order valence-corrected chi connectivity index (χ0v) is 15.3. The van der Waals surface area contributed by atoms with E-state index in [0.717, 1.165) is 44.0 Å². The Hall–Kier alpha value is -1.88. The second kappa shape index (κ2) is 8.00. The van der Waals surface area contributed by atoms with Gasteiger partial charge in [0.1, 0.15) is 0 Å². The van der Waals surface area contributed by atoms with Crippen molar-refractivity contribution in [2.24, 2.45) is 11.8 Å². The molecule has 2 atom stereocenters. The lowest BCUT2D eigenvalue weighted by Gasteiger charge is -2.34. The van der Waals surface area contributed by atoms with E-state index in [1.807, 2.05) is 29.2 Å². The Kier molecular flexibility index (Phi) is 5.74. The van der Waals surface area contributed by atoms with Crippen LogP contribution in [0.5, 0.6) is 0 Å². The molecule has 1 N–H and O–H groups in total. The molecule has 0 spiro atoms. The van der Waals surface area contributed by atoms with E-state index in [0.29, 0.717) is 24.7 Å². The fraction of sp³-hybridized carbons (Fsp3) is 0.600. The van der Waals surface area contributed by atoms with Gasteiger partial charge in [-0.15, -0.1) is 0 Å². The fourth-order valence-corrected chi connectivity index (χ4v) is 4.10. The van der Waals surface area contributed by atoms with Gasteiger partial charge in [-0.3, -0.25) is 9.59 Å². The lowest BCUT2D eigenvalue weighted by Crippen LogP contribution is -2.40. The molecule has 2 aliphatic heterocycles. The number of piperidine rings is 1. The number of rotatable bonds is 5. The second-order valence-corrected chi connectivity index (χ2v) is 7.70. The van der Waals surface area contributed by atoms with Crippen LogP contribution >= 0.6 is 0 Å². The first-order chi connectivity index (χ1) is 12.0. The van der Waals surface area contributed by atoms with Gasteiger partial charge in [0.15, 0.2) is 0 Å². The van der Waals surface area contributed by atoms with E-state index >= 15 is 0 Å². The van der Waals surface area contributed by atoms with Crippen LogP contribution in [0, 0.1) is 11.8 Å². The molecule has 3 rings (SSSR count). The lowest BCUT2D eigenvalue weighted by molar-refractivity contribution is -0.117. The van der Waals surface area contributed by atoms with Gasteiger partial charge in [-0.25, -0.2) is 0 Å². The number of nitrogens with one attached hydrogen (secondary N) is 1. The minimum absolute atomic E-state index is 0.0517. The normalized spacial score (nSPS) is 24.6. The molecule has 0 bridgehead atoms. The largest absolute Gasteiger partial charge is 0.326 e. The summed E-state index contributed by atoms with van der Waals surface area (Å²) in [6.07, 6.45) is 3.36. The maximum Gasteiger partial charge on any atom is 0.227 e. The molecule has 25 heavy (non-hydrogen) atoms. The maximum atomic E-state index is 12.2. The number of carbonyl (C=O) groups is 2. The third kappa shape index (κ3) is 4.82. The van der Waals surface area contributed by atoms with Crippen molar-refractivity contribution in [2.75, 3.05) is 36.4 Å². The Morgan fingerprint density at radius 2 is 1.84 bits per heavy atom. The minimum atomic E-state index is 0.0517. The SMILES string of the molecule is CC1CC(C)CN(CCC(=O)Nc2ccc(N3CCCC3=O)cc2)C1. The Bertz CT molecular complexity index is 604. The lowest BCUT2D eigenvalue weighted by atomic mass is 9.92. The first-order valence-electron chi connectivity index (χ1n) is 9.44. The van der Waals surface area contributed by atoms with Crippen LogP contribution in [0.4, 0.5) is 11.4 Å². The zero-order chi connectivity index (χ0) is 17.8. The van der Waals surface area contributed by atoms with Crippen LogP contribution in [0.2, 0.25) is 0 Å². The molecule has 136 valence electrons. The molecule has 2 amide bonds. The summed E-state index contributed by atoms with van der Waals surface area (Å²) >= 11 is 0. The van der Waals surface area contributed by atoms with Crippen molar-refractivity contribution in [1.29, 1.82) is 0 Å². The first-order valence-corrected chi connectivity index (χ1v) is 9.44. The van der Waals surface area contributed by atoms with Crippen LogP contribution in [0.1, 0.15) is 39.5 Å². The summed E-state index contributed by atoms with van der Waals surface area (Å²) in [5.74, 6) is 1.66. The number of hydrogen-bond acceptors (Lipinski definition) is 3. The van der Waals surface area contributed by atoms with E-state index < -0.39 is 0 Å². The predicted molar refractivity (Wildman–Crippen MR) is 101 cm³/mol. The van der Waals surface area contributed by atoms with Crippen LogP contribution in [0.15, 0.2) is 24.3 Å². The topological polar surface area (TPSA) is 52.7 Å². The summed E-state index contributed by atoms with van der Waals surface area (Å²) in [6, 6.07) is 7.58. The number of carbonyl (C=O) groups excluding carboxylic acids is 2. The van der Waals surface area contributed by atoms with Crippen molar-refractivity contribution < 1.29 is 9.59 Å². The maximum absolute atomic E-state index is 12.2. The summed E-state index contributed by atoms with van der Waals surface area (Å²) in [6.45, 7) is 8.37. The van der Waals surface area contributed by atoms with Crippen molar-refractivity contribution in [2.45, 2.75) is 39.5 Å². The number of likely N-dealkylation sites (tertiary alicyclic amines) is 1. The van der Waals surface area contributed by atoms with Gasteiger partial charge in [-0.2, -0.15) is 0 Å². The molecule has 1 aromatic carbocycles. The summed E-state index contributed by atoms with van der Waals surface area (Å²) in [4.78, 5) is 28.2. The molecule has 0 aromatic heterocycles. The van der Waals surface area contributed by atoms with Gasteiger partial charge in [0, 0.05) is 50.4 Å². The van der Waals surface area contributed by atoms with E-state index in [9.17, 15) is 9.59 Å². The van der Waals surface area contributed by atoms with E-state index in [1.165, 1.54) is 6.42 Å². The number of nitrogens with zero attached hydrogens (tertiary/aromatic N) is 2. The summed E-state index contributed by atoms with van der Waals surface area (Å²) in [5.41, 5.74) is 1.71. The molecule has 2 fully saturated rings. The Morgan fingerprint density at radius 1 is 1.16 bits per heavy atom. The van der Waals surface area contributed by atoms with Crippen molar-refractivity contribution in [3.63, 3.8) is 0 Å². The summed E-state index contributed by atoms with van der Waals surface area (Å²) < 4.78 is 0. The van der Waals surface area contributed by atoms with Gasteiger partial charge in [-0.1, -0.05) is 13.8 Å². The van der Waals surface area contributed by atoms with Gasteiger partial charge in [0.2, 0.25) is 11.8 Å². The third-order valence-electron chi connectivity index (χ3n) is 5.14. The zero-order valence-electron chi connectivity index (χ0n) is 15.3. The van der Waals surface area contributed by atoms with Crippen LogP contribution in [-0.4, -0.2) is 42.9 Å².